The topological polar surface area (TPSA) is 100 Å². The van der Waals surface area contributed by atoms with Crippen molar-refractivity contribution >= 4 is 38.6 Å². The predicted octanol–water partition coefficient (Wildman–Crippen LogP) is 3.08. The van der Waals surface area contributed by atoms with Crippen LogP contribution in [0.1, 0.15) is 21.5 Å². The highest BCUT2D eigenvalue weighted by atomic mass is 32.2. The SMILES string of the molecule is O=C(Nc1ccc(F)c(F)c1)c1ccc2c(c1)S(=O)(=O)NC(c1nccs1)N2. The Bertz CT molecular complexity index is 1170. The molecule has 1 aliphatic rings. The van der Waals surface area contributed by atoms with Crippen LogP contribution in [0.5, 0.6) is 0 Å². The number of sulfonamides is 1. The molecule has 3 aromatic rings. The van der Waals surface area contributed by atoms with Crippen molar-refractivity contribution in [2.45, 2.75) is 11.1 Å². The molecule has 7 nitrogen and oxygen atoms in total. The van der Waals surface area contributed by atoms with Gasteiger partial charge in [0.15, 0.2) is 11.6 Å². The monoisotopic (exact) mass is 422 g/mol. The molecule has 1 atom stereocenters. The number of carbonyl (C=O) groups excluding carboxylic acids is 1. The quantitative estimate of drug-likeness (QED) is 0.602. The lowest BCUT2D eigenvalue weighted by molar-refractivity contribution is 0.102. The second-order valence-corrected chi connectivity index (χ2v) is 8.47. The molecule has 28 heavy (non-hydrogen) atoms. The van der Waals surface area contributed by atoms with Gasteiger partial charge in [0.2, 0.25) is 10.0 Å². The van der Waals surface area contributed by atoms with Crippen molar-refractivity contribution in [2.24, 2.45) is 0 Å². The van der Waals surface area contributed by atoms with Gasteiger partial charge in [0, 0.05) is 28.9 Å². The van der Waals surface area contributed by atoms with Crippen LogP contribution in [0.15, 0.2) is 52.9 Å². The van der Waals surface area contributed by atoms with Gasteiger partial charge in [0.25, 0.3) is 5.91 Å². The number of halogens is 2. The van der Waals surface area contributed by atoms with Crippen molar-refractivity contribution in [1.82, 2.24) is 9.71 Å². The van der Waals surface area contributed by atoms with Crippen molar-refractivity contribution in [1.29, 1.82) is 0 Å². The van der Waals surface area contributed by atoms with E-state index in [1.807, 2.05) is 0 Å². The Kier molecular flexibility index (Phi) is 4.57. The molecule has 0 saturated carbocycles. The third-order valence-electron chi connectivity index (χ3n) is 3.98. The van der Waals surface area contributed by atoms with Gasteiger partial charge in [-0.3, -0.25) is 4.79 Å². The number of hydrogen-bond donors (Lipinski definition) is 3. The second-order valence-electron chi connectivity index (χ2n) is 5.86. The van der Waals surface area contributed by atoms with Gasteiger partial charge in [-0.2, -0.15) is 4.72 Å². The Balaban J connectivity index is 1.62. The van der Waals surface area contributed by atoms with Crippen LogP contribution in [0, 0.1) is 11.6 Å². The number of thiazole rings is 1. The minimum Gasteiger partial charge on any atom is -0.362 e. The number of carbonyl (C=O) groups is 1. The smallest absolute Gasteiger partial charge is 0.255 e. The Morgan fingerprint density at radius 2 is 1.96 bits per heavy atom. The first-order valence-corrected chi connectivity index (χ1v) is 10.3. The summed E-state index contributed by atoms with van der Waals surface area (Å²) in [6.07, 6.45) is 0.858. The Hall–Kier alpha value is -2.89. The van der Waals surface area contributed by atoms with E-state index >= 15 is 0 Å². The largest absolute Gasteiger partial charge is 0.362 e. The maximum absolute atomic E-state index is 13.3. The van der Waals surface area contributed by atoms with Crippen LogP contribution in [0.3, 0.4) is 0 Å². The highest BCUT2D eigenvalue weighted by molar-refractivity contribution is 7.89. The molecular weight excluding hydrogens is 410 g/mol. The molecular formula is C17H12F2N4O3S2. The molecule has 11 heteroatoms. The molecule has 0 aliphatic carbocycles. The van der Waals surface area contributed by atoms with Crippen LogP contribution in [-0.4, -0.2) is 19.3 Å². The fourth-order valence-electron chi connectivity index (χ4n) is 2.68. The molecule has 2 heterocycles. The number of rotatable bonds is 3. The fraction of sp³-hybridized carbons (Fsp3) is 0.0588. The van der Waals surface area contributed by atoms with E-state index in [1.54, 1.807) is 11.6 Å². The molecule has 0 radical (unpaired) electrons. The van der Waals surface area contributed by atoms with E-state index in [0.29, 0.717) is 10.7 Å². The minimum atomic E-state index is -3.89. The lowest BCUT2D eigenvalue weighted by Crippen LogP contribution is -2.38. The van der Waals surface area contributed by atoms with Gasteiger partial charge in [-0.25, -0.2) is 22.2 Å². The van der Waals surface area contributed by atoms with Gasteiger partial charge in [-0.1, -0.05) is 0 Å². The van der Waals surface area contributed by atoms with Crippen molar-refractivity contribution in [3.63, 3.8) is 0 Å². The molecule has 1 amide bonds. The van der Waals surface area contributed by atoms with Gasteiger partial charge < -0.3 is 10.6 Å². The van der Waals surface area contributed by atoms with Gasteiger partial charge in [0.1, 0.15) is 16.1 Å². The Morgan fingerprint density at radius 3 is 2.68 bits per heavy atom. The normalized spacial score (nSPS) is 17.4. The van der Waals surface area contributed by atoms with E-state index in [0.717, 1.165) is 12.1 Å². The van der Waals surface area contributed by atoms with Crippen LogP contribution >= 0.6 is 11.3 Å². The summed E-state index contributed by atoms with van der Waals surface area (Å²) in [6.45, 7) is 0. The van der Waals surface area contributed by atoms with Crippen molar-refractivity contribution in [3.8, 4) is 0 Å². The van der Waals surface area contributed by atoms with E-state index in [4.69, 9.17) is 0 Å². The summed E-state index contributed by atoms with van der Waals surface area (Å²) in [5.41, 5.74) is 0.413. The van der Waals surface area contributed by atoms with E-state index in [1.165, 1.54) is 35.6 Å². The van der Waals surface area contributed by atoms with Gasteiger partial charge in [-0.05, 0) is 30.3 Å². The van der Waals surface area contributed by atoms with Crippen LogP contribution in [0.2, 0.25) is 0 Å². The van der Waals surface area contributed by atoms with Crippen molar-refractivity contribution < 1.29 is 22.0 Å². The molecule has 2 aromatic carbocycles. The summed E-state index contributed by atoms with van der Waals surface area (Å²) in [5.74, 6) is -2.80. The van der Waals surface area contributed by atoms with Crippen LogP contribution in [0.4, 0.5) is 20.2 Å². The second kappa shape index (κ2) is 6.93. The highest BCUT2D eigenvalue weighted by Gasteiger charge is 2.32. The number of nitrogens with zero attached hydrogens (tertiary/aromatic N) is 1. The molecule has 1 aliphatic heterocycles. The molecule has 4 rings (SSSR count). The summed E-state index contributed by atoms with van der Waals surface area (Å²) in [7, 11) is -3.89. The zero-order valence-corrected chi connectivity index (χ0v) is 15.6. The summed E-state index contributed by atoms with van der Waals surface area (Å²) in [6, 6.07) is 7.03. The molecule has 144 valence electrons. The fourth-order valence-corrected chi connectivity index (χ4v) is 4.69. The number of hydrogen-bond acceptors (Lipinski definition) is 6. The predicted molar refractivity (Wildman–Crippen MR) is 99.6 cm³/mol. The van der Waals surface area contributed by atoms with E-state index in [-0.39, 0.29) is 16.1 Å². The maximum atomic E-state index is 13.3. The molecule has 0 fully saturated rings. The maximum Gasteiger partial charge on any atom is 0.255 e. The number of anilines is 2. The number of amides is 1. The minimum absolute atomic E-state index is 0.0448. The Morgan fingerprint density at radius 1 is 1.14 bits per heavy atom. The third-order valence-corrected chi connectivity index (χ3v) is 6.29. The summed E-state index contributed by atoms with van der Waals surface area (Å²) >= 11 is 1.29. The number of fused-ring (bicyclic) bond motifs is 1. The van der Waals surface area contributed by atoms with Crippen molar-refractivity contribution in [2.75, 3.05) is 10.6 Å². The van der Waals surface area contributed by atoms with Crippen LogP contribution in [-0.2, 0) is 10.0 Å². The lowest BCUT2D eigenvalue weighted by Gasteiger charge is -2.26. The third kappa shape index (κ3) is 3.46. The average Bonchev–Trinajstić information content (AvgIpc) is 3.19. The van der Waals surface area contributed by atoms with Gasteiger partial charge in [-0.15, -0.1) is 11.3 Å². The molecule has 1 unspecified atom stereocenters. The average molecular weight is 422 g/mol. The first kappa shape index (κ1) is 18.5. The lowest BCUT2D eigenvalue weighted by atomic mass is 10.1. The zero-order valence-electron chi connectivity index (χ0n) is 13.9. The first-order chi connectivity index (χ1) is 13.3. The number of nitrogens with one attached hydrogen (secondary N) is 3. The van der Waals surface area contributed by atoms with E-state index in [9.17, 15) is 22.0 Å². The summed E-state index contributed by atoms with van der Waals surface area (Å²) in [5, 5.41) is 7.70. The first-order valence-electron chi connectivity index (χ1n) is 7.92. The molecule has 3 N–H and O–H groups in total. The Labute approximate surface area is 162 Å². The summed E-state index contributed by atoms with van der Waals surface area (Å²) in [4.78, 5) is 16.4. The summed E-state index contributed by atoms with van der Waals surface area (Å²) < 4.78 is 53.9. The zero-order chi connectivity index (χ0) is 19.9. The molecule has 0 spiro atoms. The van der Waals surface area contributed by atoms with Gasteiger partial charge in [0.05, 0.1) is 5.69 Å². The van der Waals surface area contributed by atoms with E-state index in [2.05, 4.69) is 20.3 Å². The molecule has 0 bridgehead atoms. The van der Waals surface area contributed by atoms with Crippen LogP contribution in [0.25, 0.3) is 0 Å². The molecule has 0 saturated heterocycles. The number of benzene rings is 2. The van der Waals surface area contributed by atoms with Crippen molar-refractivity contribution in [3.05, 3.63) is 70.2 Å². The number of aromatic nitrogens is 1. The standard InChI is InChI=1S/C17H12F2N4O3S2/c18-11-3-2-10(8-12(11)19)21-16(24)9-1-4-13-14(7-9)28(25,26)23-15(22-13)17-20-5-6-27-17/h1-8,15,22-23H,(H,21,24). The van der Waals surface area contributed by atoms with Crippen LogP contribution < -0.4 is 15.4 Å². The highest BCUT2D eigenvalue weighted by Crippen LogP contribution is 2.32. The van der Waals surface area contributed by atoms with E-state index < -0.39 is 33.7 Å². The molecule has 1 aromatic heterocycles. The van der Waals surface area contributed by atoms with Gasteiger partial charge >= 0.3 is 0 Å².